The van der Waals surface area contributed by atoms with Crippen LogP contribution < -0.4 is 0 Å². The first kappa shape index (κ1) is 16.1. The van der Waals surface area contributed by atoms with Gasteiger partial charge < -0.3 is 4.52 Å². The zero-order valence-electron chi connectivity index (χ0n) is 12.2. The van der Waals surface area contributed by atoms with E-state index in [1.165, 1.54) is 18.4 Å². The summed E-state index contributed by atoms with van der Waals surface area (Å²) < 4.78 is 30.4. The lowest BCUT2D eigenvalue weighted by atomic mass is 10.2. The van der Waals surface area contributed by atoms with Gasteiger partial charge in [-0.25, -0.2) is 12.7 Å². The Labute approximate surface area is 129 Å². The average molecular weight is 326 g/mol. The predicted molar refractivity (Wildman–Crippen MR) is 83.6 cm³/mol. The number of benzene rings is 1. The number of sulfonamides is 1. The highest BCUT2D eigenvalue weighted by atomic mass is 32.2. The van der Waals surface area contributed by atoms with Gasteiger partial charge in [0.15, 0.2) is 0 Å². The fraction of sp³-hybridized carbons (Fsp3) is 0.357. The van der Waals surface area contributed by atoms with Crippen molar-refractivity contribution in [2.75, 3.05) is 14.1 Å². The molecule has 21 heavy (non-hydrogen) atoms. The lowest BCUT2D eigenvalue weighted by Gasteiger charge is -2.12. The molecule has 0 saturated carbocycles. The molecule has 0 N–H and O–H groups in total. The third kappa shape index (κ3) is 4.09. The van der Waals surface area contributed by atoms with E-state index < -0.39 is 10.0 Å². The van der Waals surface area contributed by atoms with Crippen LogP contribution in [0.4, 0.5) is 0 Å². The van der Waals surface area contributed by atoms with Crippen LogP contribution in [0.2, 0.25) is 0 Å². The normalized spacial score (nSPS) is 12.0. The molecule has 0 bridgehead atoms. The highest BCUT2D eigenvalue weighted by Gasteiger charge is 2.17. The zero-order chi connectivity index (χ0) is 15.5. The van der Waals surface area contributed by atoms with Crippen LogP contribution in [0.25, 0.3) is 0 Å². The summed E-state index contributed by atoms with van der Waals surface area (Å²) in [7, 11) is -0.314. The number of hydrogen-bond acceptors (Lipinski definition) is 5. The van der Waals surface area contributed by atoms with Gasteiger partial charge in [0.1, 0.15) is 5.76 Å². The maximum atomic E-state index is 12.1. The molecule has 0 unspecified atom stereocenters. The largest absolute Gasteiger partial charge is 0.361 e. The topological polar surface area (TPSA) is 63.4 Å². The van der Waals surface area contributed by atoms with E-state index in [1.807, 2.05) is 19.1 Å². The van der Waals surface area contributed by atoms with Crippen LogP contribution in [0.5, 0.6) is 0 Å². The monoisotopic (exact) mass is 326 g/mol. The second-order valence-corrected chi connectivity index (χ2v) is 7.99. The van der Waals surface area contributed by atoms with Crippen LogP contribution in [-0.4, -0.2) is 32.0 Å². The molecule has 0 spiro atoms. The molecule has 7 heteroatoms. The smallest absolute Gasteiger partial charge is 0.242 e. The molecule has 0 radical (unpaired) electrons. The van der Waals surface area contributed by atoms with E-state index in [2.05, 4.69) is 5.16 Å². The molecule has 0 aliphatic carbocycles. The number of nitrogens with zero attached hydrogens (tertiary/aromatic N) is 2. The minimum atomic E-state index is -3.38. The summed E-state index contributed by atoms with van der Waals surface area (Å²) in [5, 5.41) is 3.93. The Balaban J connectivity index is 2.01. The van der Waals surface area contributed by atoms with Crippen molar-refractivity contribution < 1.29 is 12.9 Å². The molecule has 0 amide bonds. The third-order valence-corrected chi connectivity index (χ3v) is 5.72. The summed E-state index contributed by atoms with van der Waals surface area (Å²) in [6.45, 7) is 1.86. The van der Waals surface area contributed by atoms with Crippen LogP contribution in [0.3, 0.4) is 0 Å². The predicted octanol–water partition coefficient (Wildman–Crippen LogP) is 2.67. The summed E-state index contributed by atoms with van der Waals surface area (Å²) in [5.41, 5.74) is 1.87. The Hall–Kier alpha value is -1.31. The number of aromatic nitrogens is 1. The number of hydrogen-bond donors (Lipinski definition) is 0. The molecule has 1 heterocycles. The second kappa shape index (κ2) is 6.64. The second-order valence-electron chi connectivity index (χ2n) is 4.86. The van der Waals surface area contributed by atoms with Crippen molar-refractivity contribution in [2.45, 2.75) is 23.3 Å². The van der Waals surface area contributed by atoms with Crippen molar-refractivity contribution >= 4 is 21.8 Å². The Morgan fingerprint density at radius 2 is 2.00 bits per heavy atom. The highest BCUT2D eigenvalue weighted by molar-refractivity contribution is 7.97. The first-order chi connectivity index (χ1) is 9.89. The van der Waals surface area contributed by atoms with Crippen molar-refractivity contribution in [3.63, 3.8) is 0 Å². The van der Waals surface area contributed by atoms with E-state index in [9.17, 15) is 8.42 Å². The molecule has 0 atom stereocenters. The lowest BCUT2D eigenvalue weighted by Crippen LogP contribution is -2.22. The molecular weight excluding hydrogens is 308 g/mol. The fourth-order valence-corrected chi connectivity index (χ4v) is 3.60. The summed E-state index contributed by atoms with van der Waals surface area (Å²) in [5.74, 6) is 2.26. The first-order valence-electron chi connectivity index (χ1n) is 6.41. The Kier molecular flexibility index (Phi) is 5.08. The van der Waals surface area contributed by atoms with Gasteiger partial charge in [-0.05, 0) is 24.6 Å². The van der Waals surface area contributed by atoms with Gasteiger partial charge in [0.25, 0.3) is 0 Å². The Bertz CT molecular complexity index is 709. The highest BCUT2D eigenvalue weighted by Crippen LogP contribution is 2.21. The zero-order valence-corrected chi connectivity index (χ0v) is 13.9. The number of aryl methyl sites for hydroxylation is 1. The van der Waals surface area contributed by atoms with E-state index in [0.29, 0.717) is 4.90 Å². The van der Waals surface area contributed by atoms with E-state index in [-0.39, 0.29) is 0 Å². The SMILES string of the molecule is Cc1cc(CSCc2cccc(S(=O)(=O)N(C)C)c2)no1. The molecule has 0 saturated heterocycles. The molecule has 2 aromatic rings. The summed E-state index contributed by atoms with van der Waals surface area (Å²) in [6.07, 6.45) is 0. The maximum Gasteiger partial charge on any atom is 0.242 e. The van der Waals surface area contributed by atoms with Gasteiger partial charge >= 0.3 is 0 Å². The molecule has 5 nitrogen and oxygen atoms in total. The van der Waals surface area contributed by atoms with Crippen molar-refractivity contribution in [1.82, 2.24) is 9.46 Å². The van der Waals surface area contributed by atoms with Crippen LogP contribution >= 0.6 is 11.8 Å². The van der Waals surface area contributed by atoms with Crippen LogP contribution in [-0.2, 0) is 21.5 Å². The molecule has 1 aromatic heterocycles. The molecule has 114 valence electrons. The molecule has 2 rings (SSSR count). The molecule has 1 aromatic carbocycles. The summed E-state index contributed by atoms with van der Waals surface area (Å²) in [4.78, 5) is 0.322. The van der Waals surface area contributed by atoms with E-state index in [1.54, 1.807) is 30.0 Å². The van der Waals surface area contributed by atoms with Crippen molar-refractivity contribution in [2.24, 2.45) is 0 Å². The standard InChI is InChI=1S/C14H18N2O3S2/c1-11-7-13(15-19-11)10-20-9-12-5-4-6-14(8-12)21(17,18)16(2)3/h4-8H,9-10H2,1-3H3. The van der Waals surface area contributed by atoms with Crippen molar-refractivity contribution in [3.05, 3.63) is 47.3 Å². The minimum absolute atomic E-state index is 0.322. The lowest BCUT2D eigenvalue weighted by molar-refractivity contribution is 0.393. The average Bonchev–Trinajstić information content (AvgIpc) is 2.84. The third-order valence-electron chi connectivity index (χ3n) is 2.87. The molecule has 0 aliphatic rings. The van der Waals surface area contributed by atoms with Gasteiger partial charge in [-0.1, -0.05) is 17.3 Å². The van der Waals surface area contributed by atoms with Crippen LogP contribution in [0.1, 0.15) is 17.0 Å². The van der Waals surface area contributed by atoms with Gasteiger partial charge in [0, 0.05) is 31.7 Å². The van der Waals surface area contributed by atoms with E-state index in [0.717, 1.165) is 28.5 Å². The van der Waals surface area contributed by atoms with Gasteiger partial charge in [-0.15, -0.1) is 0 Å². The first-order valence-corrected chi connectivity index (χ1v) is 9.00. The molecular formula is C14H18N2O3S2. The van der Waals surface area contributed by atoms with Gasteiger partial charge in [0.05, 0.1) is 10.6 Å². The van der Waals surface area contributed by atoms with Gasteiger partial charge in [-0.3, -0.25) is 0 Å². The van der Waals surface area contributed by atoms with Crippen LogP contribution in [0, 0.1) is 6.92 Å². The van der Waals surface area contributed by atoms with Gasteiger partial charge in [0.2, 0.25) is 10.0 Å². The Morgan fingerprint density at radius 3 is 2.62 bits per heavy atom. The molecule has 0 fully saturated rings. The molecule has 0 aliphatic heterocycles. The minimum Gasteiger partial charge on any atom is -0.361 e. The fourth-order valence-electron chi connectivity index (χ4n) is 1.77. The van der Waals surface area contributed by atoms with E-state index >= 15 is 0 Å². The van der Waals surface area contributed by atoms with Crippen molar-refractivity contribution in [3.8, 4) is 0 Å². The quantitative estimate of drug-likeness (QED) is 0.816. The van der Waals surface area contributed by atoms with Gasteiger partial charge in [-0.2, -0.15) is 11.8 Å². The summed E-state index contributed by atoms with van der Waals surface area (Å²) in [6, 6.07) is 8.93. The number of rotatable bonds is 6. The maximum absolute atomic E-state index is 12.1. The van der Waals surface area contributed by atoms with Crippen LogP contribution in [0.15, 0.2) is 39.8 Å². The number of thioether (sulfide) groups is 1. The van der Waals surface area contributed by atoms with E-state index in [4.69, 9.17) is 4.52 Å². The van der Waals surface area contributed by atoms with Crippen molar-refractivity contribution in [1.29, 1.82) is 0 Å². The Morgan fingerprint density at radius 1 is 1.24 bits per heavy atom. The summed E-state index contributed by atoms with van der Waals surface area (Å²) >= 11 is 1.67.